The Hall–Kier alpha value is -2.33. The van der Waals surface area contributed by atoms with E-state index in [1.54, 1.807) is 0 Å². The second kappa shape index (κ2) is 9.93. The first-order chi connectivity index (χ1) is 13.9. The van der Waals surface area contributed by atoms with Gasteiger partial charge in [-0.25, -0.2) is 15.0 Å². The van der Waals surface area contributed by atoms with Crippen LogP contribution in [0, 0.1) is 0 Å². The van der Waals surface area contributed by atoms with Gasteiger partial charge in [-0.2, -0.15) is 0 Å². The second-order valence-corrected chi connectivity index (χ2v) is 8.24. The van der Waals surface area contributed by atoms with Gasteiger partial charge in [0.15, 0.2) is 12.0 Å². The predicted molar refractivity (Wildman–Crippen MR) is 117 cm³/mol. The van der Waals surface area contributed by atoms with Crippen LogP contribution in [-0.4, -0.2) is 58.2 Å². The van der Waals surface area contributed by atoms with Gasteiger partial charge in [-0.15, -0.1) is 0 Å². The van der Waals surface area contributed by atoms with Gasteiger partial charge in [-0.3, -0.25) is 5.32 Å². The molecule has 0 amide bonds. The monoisotopic (exact) mass is 416 g/mol. The molecule has 156 valence electrons. The summed E-state index contributed by atoms with van der Waals surface area (Å²) in [4.78, 5) is 16.1. The first-order valence-corrected chi connectivity index (χ1v) is 10.5. The number of rotatable bonds is 10. The molecular formula is C20H28N6O2S. The molecule has 1 aromatic carbocycles. The Labute approximate surface area is 175 Å². The van der Waals surface area contributed by atoms with Crippen molar-refractivity contribution < 1.29 is 9.84 Å². The number of aromatic nitrogens is 3. The Morgan fingerprint density at radius 2 is 2.00 bits per heavy atom. The Balaban J connectivity index is 1.77. The van der Waals surface area contributed by atoms with Crippen LogP contribution in [0.3, 0.4) is 0 Å². The summed E-state index contributed by atoms with van der Waals surface area (Å²) in [5.41, 5.74) is 1.43. The van der Waals surface area contributed by atoms with Gasteiger partial charge < -0.3 is 20.1 Å². The number of nitrogens with one attached hydrogen (secondary N) is 2. The number of hydrogen-bond donors (Lipinski definition) is 3. The van der Waals surface area contributed by atoms with Crippen molar-refractivity contribution in [3.63, 3.8) is 0 Å². The van der Waals surface area contributed by atoms with E-state index in [9.17, 15) is 5.11 Å². The van der Waals surface area contributed by atoms with Crippen LogP contribution in [0.2, 0.25) is 0 Å². The van der Waals surface area contributed by atoms with Crippen LogP contribution >= 0.6 is 11.3 Å². The van der Waals surface area contributed by atoms with E-state index in [-0.39, 0.29) is 6.10 Å². The molecule has 29 heavy (non-hydrogen) atoms. The highest BCUT2D eigenvalue weighted by molar-refractivity contribution is 7.18. The quantitative estimate of drug-likeness (QED) is 0.343. The fourth-order valence-corrected chi connectivity index (χ4v) is 3.62. The molecule has 2 aromatic heterocycles. The van der Waals surface area contributed by atoms with Crippen molar-refractivity contribution in [2.24, 2.45) is 0 Å². The molecule has 0 aliphatic rings. The van der Waals surface area contributed by atoms with Crippen LogP contribution in [0.25, 0.3) is 10.3 Å². The number of para-hydroxylation sites is 2. The van der Waals surface area contributed by atoms with E-state index in [0.717, 1.165) is 24.4 Å². The van der Waals surface area contributed by atoms with E-state index in [4.69, 9.17) is 4.74 Å². The summed E-state index contributed by atoms with van der Waals surface area (Å²) < 4.78 is 5.87. The van der Waals surface area contributed by atoms with E-state index in [1.807, 2.05) is 52.2 Å². The largest absolute Gasteiger partial charge is 0.489 e. The highest BCUT2D eigenvalue weighted by Crippen LogP contribution is 2.32. The Kier molecular flexibility index (Phi) is 7.32. The predicted octanol–water partition coefficient (Wildman–Crippen LogP) is 3.15. The molecule has 0 bridgehead atoms. The smallest absolute Gasteiger partial charge is 0.161 e. The molecule has 0 saturated carbocycles. The van der Waals surface area contributed by atoms with Crippen LogP contribution in [0.4, 0.5) is 11.5 Å². The third kappa shape index (κ3) is 5.83. The number of hydrogen-bond acceptors (Lipinski definition) is 9. The number of fused-ring (bicyclic) bond motifs is 1. The zero-order valence-corrected chi connectivity index (χ0v) is 18.0. The molecule has 3 rings (SSSR count). The summed E-state index contributed by atoms with van der Waals surface area (Å²) >= 11 is 1.35. The highest BCUT2D eigenvalue weighted by Gasteiger charge is 2.17. The van der Waals surface area contributed by atoms with Crippen LogP contribution in [0.15, 0.2) is 30.6 Å². The lowest BCUT2D eigenvalue weighted by atomic mass is 10.3. The fourth-order valence-electron chi connectivity index (χ4n) is 2.75. The van der Waals surface area contributed by atoms with E-state index < -0.39 is 6.23 Å². The first-order valence-electron chi connectivity index (χ1n) is 9.64. The minimum absolute atomic E-state index is 0.0583. The third-order valence-corrected chi connectivity index (χ3v) is 5.08. The molecular weight excluding hydrogens is 388 g/mol. The second-order valence-electron chi connectivity index (χ2n) is 7.23. The SMILES string of the molecule is CC(C)Oc1ccccc1Nc1ncnc2sc(C(O)NCCCN(C)C)nc12. The molecule has 0 aliphatic carbocycles. The molecule has 3 aromatic rings. The number of aliphatic hydroxyl groups is 1. The molecule has 0 saturated heterocycles. The summed E-state index contributed by atoms with van der Waals surface area (Å²) in [5.74, 6) is 1.32. The summed E-state index contributed by atoms with van der Waals surface area (Å²) in [6, 6.07) is 7.70. The van der Waals surface area contributed by atoms with Crippen molar-refractivity contribution in [2.45, 2.75) is 32.6 Å². The lowest BCUT2D eigenvalue weighted by Crippen LogP contribution is -2.25. The summed E-state index contributed by atoms with van der Waals surface area (Å²) in [7, 11) is 4.06. The van der Waals surface area contributed by atoms with Gasteiger partial charge in [0, 0.05) is 0 Å². The molecule has 0 fully saturated rings. The fraction of sp³-hybridized carbons (Fsp3) is 0.450. The molecule has 9 heteroatoms. The average molecular weight is 417 g/mol. The van der Waals surface area contributed by atoms with Crippen LogP contribution in [-0.2, 0) is 0 Å². The van der Waals surface area contributed by atoms with E-state index in [2.05, 4.69) is 30.5 Å². The molecule has 0 aliphatic heterocycles. The van der Waals surface area contributed by atoms with Gasteiger partial charge in [-0.1, -0.05) is 23.5 Å². The van der Waals surface area contributed by atoms with Gasteiger partial charge >= 0.3 is 0 Å². The number of anilines is 2. The minimum Gasteiger partial charge on any atom is -0.489 e. The van der Waals surface area contributed by atoms with Crippen molar-refractivity contribution in [1.29, 1.82) is 0 Å². The van der Waals surface area contributed by atoms with Crippen LogP contribution < -0.4 is 15.4 Å². The van der Waals surface area contributed by atoms with Crippen molar-refractivity contribution in [3.8, 4) is 5.75 Å². The molecule has 3 N–H and O–H groups in total. The normalized spacial score (nSPS) is 12.7. The van der Waals surface area contributed by atoms with Gasteiger partial charge in [0.25, 0.3) is 0 Å². The van der Waals surface area contributed by atoms with Gasteiger partial charge in [0.05, 0.1) is 11.8 Å². The number of benzene rings is 1. The summed E-state index contributed by atoms with van der Waals surface area (Å²) in [6.45, 7) is 5.63. The van der Waals surface area contributed by atoms with Crippen molar-refractivity contribution in [1.82, 2.24) is 25.2 Å². The number of ether oxygens (including phenoxy) is 1. The molecule has 0 radical (unpaired) electrons. The Morgan fingerprint density at radius 3 is 2.76 bits per heavy atom. The van der Waals surface area contributed by atoms with Crippen LogP contribution in [0.1, 0.15) is 31.5 Å². The topological polar surface area (TPSA) is 95.4 Å². The number of aliphatic hydroxyl groups excluding tert-OH is 1. The maximum Gasteiger partial charge on any atom is 0.161 e. The molecule has 8 nitrogen and oxygen atoms in total. The lowest BCUT2D eigenvalue weighted by Gasteiger charge is -2.15. The number of thiazole rings is 1. The molecule has 1 atom stereocenters. The minimum atomic E-state index is -0.833. The standard InChI is InChI=1S/C20H28N6O2S/c1-13(2)28-15-9-6-5-8-14(15)24-17-16-19(23-12-22-17)29-20(25-16)18(27)21-10-7-11-26(3)4/h5-6,8-9,12-13,18,21,27H,7,10-11H2,1-4H3,(H,22,23,24). The van der Waals surface area contributed by atoms with E-state index in [0.29, 0.717) is 27.7 Å². The summed E-state index contributed by atoms with van der Waals surface area (Å²) in [5, 5.41) is 17.4. The van der Waals surface area contributed by atoms with Gasteiger partial charge in [0.1, 0.15) is 27.4 Å². The Bertz CT molecular complexity index is 930. The van der Waals surface area contributed by atoms with Crippen molar-refractivity contribution in [2.75, 3.05) is 32.5 Å². The van der Waals surface area contributed by atoms with Crippen LogP contribution in [0.5, 0.6) is 5.75 Å². The third-order valence-electron chi connectivity index (χ3n) is 4.07. The van der Waals surface area contributed by atoms with E-state index in [1.165, 1.54) is 17.7 Å². The zero-order valence-electron chi connectivity index (χ0n) is 17.2. The molecule has 2 heterocycles. The summed E-state index contributed by atoms with van der Waals surface area (Å²) in [6.07, 6.45) is 1.66. The van der Waals surface area contributed by atoms with E-state index >= 15 is 0 Å². The molecule has 0 spiro atoms. The average Bonchev–Trinajstić information content (AvgIpc) is 3.11. The number of nitrogens with zero attached hydrogens (tertiary/aromatic N) is 4. The van der Waals surface area contributed by atoms with Crippen molar-refractivity contribution in [3.05, 3.63) is 35.6 Å². The van der Waals surface area contributed by atoms with Crippen molar-refractivity contribution >= 4 is 33.2 Å². The maximum absolute atomic E-state index is 10.4. The lowest BCUT2D eigenvalue weighted by molar-refractivity contribution is 0.137. The van der Waals surface area contributed by atoms with Gasteiger partial charge in [-0.05, 0) is 59.6 Å². The Morgan fingerprint density at radius 1 is 1.21 bits per heavy atom. The first kappa shape index (κ1) is 21.4. The maximum atomic E-state index is 10.4. The van der Waals surface area contributed by atoms with Gasteiger partial charge in [0.2, 0.25) is 0 Å². The highest BCUT2D eigenvalue weighted by atomic mass is 32.1. The molecule has 1 unspecified atom stereocenters. The zero-order chi connectivity index (χ0) is 20.8.